The number of hydrogen-bond acceptors (Lipinski definition) is 1. The van der Waals surface area contributed by atoms with Gasteiger partial charge in [-0.2, -0.15) is 0 Å². The highest BCUT2D eigenvalue weighted by Gasteiger charge is 2.19. The zero-order valence-corrected chi connectivity index (χ0v) is 8.23. The van der Waals surface area contributed by atoms with Gasteiger partial charge < -0.3 is 5.11 Å². The minimum absolute atomic E-state index is 0.00514. The van der Waals surface area contributed by atoms with Crippen LogP contribution in [0.15, 0.2) is 0 Å². The summed E-state index contributed by atoms with van der Waals surface area (Å²) in [4.78, 5) is 0. The van der Waals surface area contributed by atoms with Gasteiger partial charge in [-0.05, 0) is 0 Å². The maximum atomic E-state index is 8.42. The van der Waals surface area contributed by atoms with Gasteiger partial charge in [0.2, 0.25) is 0 Å². The van der Waals surface area contributed by atoms with Crippen molar-refractivity contribution < 1.29 is 5.11 Å². The Morgan fingerprint density at radius 3 is 2.20 bits per heavy atom. The largest absolute Gasteiger partial charge is 0.384 e. The second kappa shape index (κ2) is 3.80. The van der Waals surface area contributed by atoms with Crippen LogP contribution in [0.25, 0.3) is 0 Å². The fourth-order valence-corrected chi connectivity index (χ4v) is 0.950. The fraction of sp³-hybridized carbons (Fsp3) is 0.750. The molecule has 58 valence electrons. The van der Waals surface area contributed by atoms with Gasteiger partial charge in [-0.3, -0.25) is 0 Å². The normalized spacial score (nSPS) is 13.7. The molecule has 0 radical (unpaired) electrons. The van der Waals surface area contributed by atoms with Crippen LogP contribution in [0.4, 0.5) is 0 Å². The quantitative estimate of drug-likeness (QED) is 0.452. The van der Waals surface area contributed by atoms with E-state index in [2.05, 4.69) is 38.4 Å². The van der Waals surface area contributed by atoms with Gasteiger partial charge in [-0.1, -0.05) is 32.5 Å². The highest BCUT2D eigenvalue weighted by molar-refractivity contribution is 6.78. The van der Waals surface area contributed by atoms with Crippen molar-refractivity contribution in [2.75, 3.05) is 6.61 Å². The van der Waals surface area contributed by atoms with Gasteiger partial charge in [0.05, 0.1) is 8.07 Å². The van der Waals surface area contributed by atoms with E-state index in [1.807, 2.05) is 0 Å². The highest BCUT2D eigenvalue weighted by atomic mass is 28.3. The van der Waals surface area contributed by atoms with Gasteiger partial charge in [-0.15, -0.1) is 5.92 Å². The molecule has 1 unspecified atom stereocenters. The summed E-state index contributed by atoms with van der Waals surface area (Å²) in [5.41, 5.74) is 0.486. The van der Waals surface area contributed by atoms with E-state index >= 15 is 0 Å². The third-order valence-electron chi connectivity index (χ3n) is 1.70. The van der Waals surface area contributed by atoms with Crippen LogP contribution < -0.4 is 0 Å². The number of aliphatic hydroxyl groups excluding tert-OH is 1. The van der Waals surface area contributed by atoms with Crippen LogP contribution in [-0.4, -0.2) is 19.8 Å². The molecule has 1 N–H and O–H groups in total. The van der Waals surface area contributed by atoms with Crippen LogP contribution in [0.3, 0.4) is 0 Å². The Hall–Kier alpha value is -0.263. The number of rotatable bonds is 1. The van der Waals surface area contributed by atoms with Crippen molar-refractivity contribution in [1.29, 1.82) is 0 Å². The Labute approximate surface area is 64.5 Å². The molecule has 0 aromatic carbocycles. The average molecular weight is 156 g/mol. The highest BCUT2D eigenvalue weighted by Crippen LogP contribution is 2.18. The van der Waals surface area contributed by atoms with Gasteiger partial charge in [0.1, 0.15) is 6.61 Å². The van der Waals surface area contributed by atoms with Crippen LogP contribution in [0.1, 0.15) is 6.92 Å². The smallest absolute Gasteiger partial charge is 0.104 e. The molecule has 1 nitrogen and oxygen atoms in total. The molecule has 0 rings (SSSR count). The van der Waals surface area contributed by atoms with Crippen molar-refractivity contribution >= 4 is 8.07 Å². The summed E-state index contributed by atoms with van der Waals surface area (Å²) in [5, 5.41) is 8.42. The van der Waals surface area contributed by atoms with Crippen LogP contribution in [0.5, 0.6) is 0 Å². The molecule has 0 fully saturated rings. The van der Waals surface area contributed by atoms with Crippen molar-refractivity contribution in [2.24, 2.45) is 0 Å². The number of hydrogen-bond donors (Lipinski definition) is 1. The third kappa shape index (κ3) is 3.70. The first kappa shape index (κ1) is 9.74. The molecule has 0 aromatic rings. The summed E-state index contributed by atoms with van der Waals surface area (Å²) < 4.78 is 0. The predicted octanol–water partition coefficient (Wildman–Crippen LogP) is 1.71. The molecule has 0 bridgehead atoms. The minimum Gasteiger partial charge on any atom is -0.384 e. The Morgan fingerprint density at radius 2 is 1.90 bits per heavy atom. The Kier molecular flexibility index (Phi) is 3.70. The van der Waals surface area contributed by atoms with Crippen molar-refractivity contribution in [2.45, 2.75) is 32.1 Å². The topological polar surface area (TPSA) is 20.2 Å². The molecule has 0 saturated carbocycles. The van der Waals surface area contributed by atoms with Gasteiger partial charge in [-0.25, -0.2) is 0 Å². The lowest BCUT2D eigenvalue weighted by atomic mass is 10.4. The van der Waals surface area contributed by atoms with E-state index in [9.17, 15) is 0 Å². The van der Waals surface area contributed by atoms with Crippen molar-refractivity contribution in [1.82, 2.24) is 0 Å². The lowest BCUT2D eigenvalue weighted by molar-refractivity contribution is 0.350. The molecule has 0 saturated heterocycles. The first-order valence-electron chi connectivity index (χ1n) is 3.57. The summed E-state index contributed by atoms with van der Waals surface area (Å²) >= 11 is 0. The molecule has 1 atom stereocenters. The first-order chi connectivity index (χ1) is 4.48. The molecule has 0 aliphatic heterocycles. The summed E-state index contributed by atoms with van der Waals surface area (Å²) in [7, 11) is -1.08. The zero-order chi connectivity index (χ0) is 8.20. The van der Waals surface area contributed by atoms with Crippen LogP contribution >= 0.6 is 0 Å². The van der Waals surface area contributed by atoms with E-state index < -0.39 is 8.07 Å². The Morgan fingerprint density at radius 1 is 1.40 bits per heavy atom. The molecule has 2 heteroatoms. The molecule has 0 aliphatic rings. The van der Waals surface area contributed by atoms with E-state index in [-0.39, 0.29) is 6.61 Å². The Balaban J connectivity index is 3.97. The third-order valence-corrected chi connectivity index (χ3v) is 4.44. The van der Waals surface area contributed by atoms with Crippen LogP contribution in [0.2, 0.25) is 25.2 Å². The standard InChI is InChI=1S/C8H16OSi/c1-8(6-5-7-9)10(2,3)4/h8-9H,7H2,1-4H3. The maximum absolute atomic E-state index is 8.42. The molecule has 10 heavy (non-hydrogen) atoms. The van der Waals surface area contributed by atoms with E-state index in [0.717, 1.165) is 0 Å². The lowest BCUT2D eigenvalue weighted by Gasteiger charge is -2.19. The van der Waals surface area contributed by atoms with Crippen molar-refractivity contribution in [3.8, 4) is 11.8 Å². The predicted molar refractivity (Wildman–Crippen MR) is 47.6 cm³/mol. The monoisotopic (exact) mass is 156 g/mol. The summed E-state index contributed by atoms with van der Waals surface area (Å²) in [5.74, 6) is 5.73. The van der Waals surface area contributed by atoms with Gasteiger partial charge in [0.15, 0.2) is 0 Å². The van der Waals surface area contributed by atoms with E-state index in [1.54, 1.807) is 0 Å². The molecular formula is C8H16OSi. The molecule has 0 heterocycles. The van der Waals surface area contributed by atoms with Crippen LogP contribution in [0, 0.1) is 11.8 Å². The molecular weight excluding hydrogens is 140 g/mol. The fourth-order valence-electron chi connectivity index (χ4n) is 0.415. The van der Waals surface area contributed by atoms with Crippen LogP contribution in [-0.2, 0) is 0 Å². The average Bonchev–Trinajstić information content (AvgIpc) is 1.80. The minimum atomic E-state index is -1.08. The van der Waals surface area contributed by atoms with Crippen molar-refractivity contribution in [3.05, 3.63) is 0 Å². The molecule has 0 spiro atoms. The zero-order valence-electron chi connectivity index (χ0n) is 7.23. The lowest BCUT2D eigenvalue weighted by Crippen LogP contribution is -2.24. The van der Waals surface area contributed by atoms with Gasteiger partial charge in [0, 0.05) is 5.54 Å². The second-order valence-electron chi connectivity index (χ2n) is 3.57. The van der Waals surface area contributed by atoms with E-state index in [4.69, 9.17) is 5.11 Å². The number of aliphatic hydroxyl groups is 1. The van der Waals surface area contributed by atoms with E-state index in [1.165, 1.54) is 0 Å². The molecule has 0 aliphatic carbocycles. The van der Waals surface area contributed by atoms with Crippen molar-refractivity contribution in [3.63, 3.8) is 0 Å². The molecule has 0 amide bonds. The van der Waals surface area contributed by atoms with E-state index in [0.29, 0.717) is 5.54 Å². The first-order valence-corrected chi connectivity index (χ1v) is 7.15. The summed E-state index contributed by atoms with van der Waals surface area (Å²) in [6.45, 7) is 8.97. The summed E-state index contributed by atoms with van der Waals surface area (Å²) in [6.07, 6.45) is 0. The maximum Gasteiger partial charge on any atom is 0.104 e. The van der Waals surface area contributed by atoms with Gasteiger partial charge in [0.25, 0.3) is 0 Å². The van der Waals surface area contributed by atoms with Gasteiger partial charge >= 0.3 is 0 Å². The summed E-state index contributed by atoms with van der Waals surface area (Å²) in [6, 6.07) is 0. The molecule has 0 aromatic heterocycles. The second-order valence-corrected chi connectivity index (χ2v) is 9.17. The Bertz CT molecular complexity index is 147. The SMILES string of the molecule is CC(C#CCO)[Si](C)(C)C.